The molecule has 0 saturated heterocycles. The summed E-state index contributed by atoms with van der Waals surface area (Å²) in [5, 5.41) is 14.1. The van der Waals surface area contributed by atoms with Crippen LogP contribution in [0.5, 0.6) is 11.5 Å². The number of rotatable bonds is 7. The number of ether oxygens (including phenoxy) is 3. The van der Waals surface area contributed by atoms with Gasteiger partial charge in [-0.25, -0.2) is 4.79 Å². The number of amides is 1. The van der Waals surface area contributed by atoms with Crippen LogP contribution in [-0.4, -0.2) is 43.7 Å². The molecular formula is C18H24N2O7. The third-order valence-electron chi connectivity index (χ3n) is 4.71. The van der Waals surface area contributed by atoms with E-state index in [1.54, 1.807) is 0 Å². The zero-order chi connectivity index (χ0) is 20.0. The molecule has 0 aromatic heterocycles. The summed E-state index contributed by atoms with van der Waals surface area (Å²) in [6.07, 6.45) is 4.13. The fourth-order valence-electron chi connectivity index (χ4n) is 3.17. The van der Waals surface area contributed by atoms with Crippen LogP contribution in [0.2, 0.25) is 0 Å². The molecular weight excluding hydrogens is 356 g/mol. The van der Waals surface area contributed by atoms with E-state index in [1.807, 2.05) is 0 Å². The standard InChI is InChI=1S/C18H24N2O7/c1-11-6-4-5-7-13(11)19-17(21)10-27-18(22)12-8-15(25-2)16(26-3)9-14(12)20(23)24/h8-9,11,13H,4-7,10H2,1-3H3,(H,19,21)/t11-,13+/m1/s1. The van der Waals surface area contributed by atoms with Crippen LogP contribution < -0.4 is 14.8 Å². The van der Waals surface area contributed by atoms with Crippen LogP contribution in [-0.2, 0) is 9.53 Å². The molecule has 0 heterocycles. The first-order chi connectivity index (χ1) is 12.9. The Morgan fingerprint density at radius 1 is 1.19 bits per heavy atom. The van der Waals surface area contributed by atoms with Crippen LogP contribution in [0, 0.1) is 16.0 Å². The summed E-state index contributed by atoms with van der Waals surface area (Å²) in [4.78, 5) is 34.9. The molecule has 27 heavy (non-hydrogen) atoms. The van der Waals surface area contributed by atoms with Crippen molar-refractivity contribution in [3.8, 4) is 11.5 Å². The van der Waals surface area contributed by atoms with E-state index in [0.29, 0.717) is 5.92 Å². The smallest absolute Gasteiger partial charge is 0.345 e. The number of esters is 1. The Morgan fingerprint density at radius 3 is 2.41 bits per heavy atom. The van der Waals surface area contributed by atoms with Gasteiger partial charge in [-0.2, -0.15) is 0 Å². The van der Waals surface area contributed by atoms with Gasteiger partial charge in [-0.05, 0) is 18.8 Å². The van der Waals surface area contributed by atoms with Crippen molar-refractivity contribution in [3.05, 3.63) is 27.8 Å². The van der Waals surface area contributed by atoms with Gasteiger partial charge in [0, 0.05) is 12.1 Å². The lowest BCUT2D eigenvalue weighted by molar-refractivity contribution is -0.385. The Bertz CT molecular complexity index is 720. The first kappa shape index (κ1) is 20.5. The fourth-order valence-corrected chi connectivity index (χ4v) is 3.17. The van der Waals surface area contributed by atoms with E-state index in [4.69, 9.17) is 14.2 Å². The molecule has 148 valence electrons. The quantitative estimate of drug-likeness (QED) is 0.439. The number of hydrogen-bond donors (Lipinski definition) is 1. The first-order valence-corrected chi connectivity index (χ1v) is 8.74. The van der Waals surface area contributed by atoms with Gasteiger partial charge in [0.2, 0.25) is 0 Å². The number of benzene rings is 1. The third-order valence-corrected chi connectivity index (χ3v) is 4.71. The molecule has 1 fully saturated rings. The summed E-state index contributed by atoms with van der Waals surface area (Å²) in [7, 11) is 2.67. The zero-order valence-corrected chi connectivity index (χ0v) is 15.6. The lowest BCUT2D eigenvalue weighted by Gasteiger charge is -2.29. The second kappa shape index (κ2) is 9.20. The van der Waals surface area contributed by atoms with Crippen LogP contribution in [0.4, 0.5) is 5.69 Å². The summed E-state index contributed by atoms with van der Waals surface area (Å²) in [5.74, 6) is -0.773. The summed E-state index contributed by atoms with van der Waals surface area (Å²) in [6.45, 7) is 1.57. The molecule has 9 nitrogen and oxygen atoms in total. The summed E-state index contributed by atoms with van der Waals surface area (Å²) in [5.41, 5.74) is -0.796. The van der Waals surface area contributed by atoms with Gasteiger partial charge in [0.25, 0.3) is 11.6 Å². The molecule has 1 aromatic carbocycles. The van der Waals surface area contributed by atoms with Gasteiger partial charge >= 0.3 is 5.97 Å². The molecule has 0 bridgehead atoms. The molecule has 0 aliphatic heterocycles. The van der Waals surface area contributed by atoms with Crippen LogP contribution in [0.3, 0.4) is 0 Å². The maximum atomic E-state index is 12.3. The van der Waals surface area contributed by atoms with Crippen LogP contribution >= 0.6 is 0 Å². The minimum Gasteiger partial charge on any atom is -0.493 e. The average molecular weight is 380 g/mol. The van der Waals surface area contributed by atoms with E-state index in [1.165, 1.54) is 20.3 Å². The third kappa shape index (κ3) is 5.08. The molecule has 1 N–H and O–H groups in total. The lowest BCUT2D eigenvalue weighted by Crippen LogP contribution is -2.42. The van der Waals surface area contributed by atoms with Gasteiger partial charge in [-0.3, -0.25) is 14.9 Å². The van der Waals surface area contributed by atoms with Gasteiger partial charge in [-0.15, -0.1) is 0 Å². The van der Waals surface area contributed by atoms with Gasteiger partial charge in [0.15, 0.2) is 18.1 Å². The number of nitrogens with one attached hydrogen (secondary N) is 1. The number of nitrogens with zero attached hydrogens (tertiary/aromatic N) is 1. The van der Waals surface area contributed by atoms with Gasteiger partial charge < -0.3 is 19.5 Å². The SMILES string of the molecule is COc1cc(C(=O)OCC(=O)N[C@H]2CCCC[C@H]2C)c([N+](=O)[O-])cc1OC. The normalized spacial score (nSPS) is 19.1. The molecule has 2 atom stereocenters. The summed E-state index contributed by atoms with van der Waals surface area (Å²) < 4.78 is 15.1. The highest BCUT2D eigenvalue weighted by atomic mass is 16.6. The number of hydrogen-bond acceptors (Lipinski definition) is 7. The Kier molecular flexibility index (Phi) is 6.98. The molecule has 2 rings (SSSR count). The maximum Gasteiger partial charge on any atom is 0.345 e. The van der Waals surface area contributed by atoms with E-state index < -0.39 is 29.1 Å². The van der Waals surface area contributed by atoms with Gasteiger partial charge in [0.05, 0.1) is 25.2 Å². The molecule has 1 amide bonds. The predicted molar refractivity (Wildman–Crippen MR) is 96.0 cm³/mol. The molecule has 1 aliphatic carbocycles. The Morgan fingerprint density at radius 2 is 1.81 bits per heavy atom. The Labute approximate surface area is 157 Å². The maximum absolute atomic E-state index is 12.3. The minimum absolute atomic E-state index is 0.0559. The van der Waals surface area contributed by atoms with Crippen molar-refractivity contribution in [3.63, 3.8) is 0 Å². The Hall–Kier alpha value is -2.84. The summed E-state index contributed by atoms with van der Waals surface area (Å²) in [6, 6.07) is 2.31. The van der Waals surface area contributed by atoms with Crippen molar-refractivity contribution in [1.82, 2.24) is 5.32 Å². The van der Waals surface area contributed by atoms with E-state index in [0.717, 1.165) is 31.7 Å². The van der Waals surface area contributed by atoms with Gasteiger partial charge in [-0.1, -0.05) is 19.8 Å². The monoisotopic (exact) mass is 380 g/mol. The first-order valence-electron chi connectivity index (χ1n) is 8.74. The van der Waals surface area contributed by atoms with Crippen LogP contribution in [0.15, 0.2) is 12.1 Å². The number of carbonyl (C=O) groups is 2. The highest BCUT2D eigenvalue weighted by Gasteiger charge is 2.27. The summed E-state index contributed by atoms with van der Waals surface area (Å²) >= 11 is 0. The van der Waals surface area contributed by atoms with E-state index in [9.17, 15) is 19.7 Å². The van der Waals surface area contributed by atoms with Crippen molar-refractivity contribution < 1.29 is 28.7 Å². The molecule has 9 heteroatoms. The van der Waals surface area contributed by atoms with Crippen molar-refractivity contribution in [2.45, 2.75) is 38.6 Å². The van der Waals surface area contributed by atoms with Crippen molar-refractivity contribution in [2.24, 2.45) is 5.92 Å². The molecule has 0 radical (unpaired) electrons. The number of nitro groups is 1. The van der Waals surface area contributed by atoms with Crippen LogP contribution in [0.1, 0.15) is 43.0 Å². The van der Waals surface area contributed by atoms with E-state index >= 15 is 0 Å². The van der Waals surface area contributed by atoms with E-state index in [-0.39, 0.29) is 23.1 Å². The van der Waals surface area contributed by atoms with Crippen LogP contribution in [0.25, 0.3) is 0 Å². The number of methoxy groups -OCH3 is 2. The van der Waals surface area contributed by atoms with E-state index in [2.05, 4.69) is 12.2 Å². The van der Waals surface area contributed by atoms with Crippen molar-refractivity contribution in [1.29, 1.82) is 0 Å². The average Bonchev–Trinajstić information content (AvgIpc) is 2.66. The molecule has 1 aliphatic rings. The lowest BCUT2D eigenvalue weighted by atomic mass is 9.86. The second-order valence-corrected chi connectivity index (χ2v) is 6.49. The molecule has 0 unspecified atom stereocenters. The van der Waals surface area contributed by atoms with Crippen molar-refractivity contribution in [2.75, 3.05) is 20.8 Å². The largest absolute Gasteiger partial charge is 0.493 e. The molecule has 0 spiro atoms. The highest BCUT2D eigenvalue weighted by Crippen LogP contribution is 2.34. The molecule has 1 aromatic rings. The van der Waals surface area contributed by atoms with Crippen molar-refractivity contribution >= 4 is 17.6 Å². The minimum atomic E-state index is -0.977. The number of carbonyl (C=O) groups excluding carboxylic acids is 2. The highest BCUT2D eigenvalue weighted by molar-refractivity contribution is 5.96. The zero-order valence-electron chi connectivity index (χ0n) is 15.6. The predicted octanol–water partition coefficient (Wildman–Crippen LogP) is 2.46. The number of nitro benzene ring substituents is 1. The second-order valence-electron chi connectivity index (χ2n) is 6.49. The Balaban J connectivity index is 2.06. The fraction of sp³-hybridized carbons (Fsp3) is 0.556. The topological polar surface area (TPSA) is 117 Å². The van der Waals surface area contributed by atoms with Gasteiger partial charge in [0.1, 0.15) is 5.56 Å². The molecule has 1 saturated carbocycles.